The van der Waals surface area contributed by atoms with Crippen molar-refractivity contribution in [2.75, 3.05) is 19.0 Å². The molecular formula is C8H15NO7P2. The van der Waals surface area contributed by atoms with Crippen LogP contribution in [0.5, 0.6) is 0 Å². The minimum absolute atomic E-state index is 1.25. The Hall–Kier alpha value is -0.720. The van der Waals surface area contributed by atoms with E-state index in [0.29, 0.717) is 0 Å². The quantitative estimate of drug-likeness (QED) is 0.607. The molecule has 0 bridgehead atoms. The van der Waals surface area contributed by atoms with Gasteiger partial charge in [0.15, 0.2) is 0 Å². The Balaban J connectivity index is 0.000000321. The van der Waals surface area contributed by atoms with E-state index in [9.17, 15) is 9.13 Å². The van der Waals surface area contributed by atoms with Crippen molar-refractivity contribution in [2.45, 2.75) is 0 Å². The van der Waals surface area contributed by atoms with E-state index in [1.54, 1.807) is 0 Å². The van der Waals surface area contributed by atoms with Crippen LogP contribution in [-0.4, -0.2) is 33.7 Å². The summed E-state index contributed by atoms with van der Waals surface area (Å²) in [6, 6.07) is 10.3. The van der Waals surface area contributed by atoms with Crippen molar-refractivity contribution in [3.05, 3.63) is 30.3 Å². The first-order valence-electron chi connectivity index (χ1n) is 4.56. The molecule has 104 valence electrons. The van der Waals surface area contributed by atoms with Crippen molar-refractivity contribution < 1.29 is 33.0 Å². The molecule has 8 nitrogen and oxygen atoms in total. The highest BCUT2D eigenvalue weighted by Gasteiger charge is 2.27. The van der Waals surface area contributed by atoms with Gasteiger partial charge in [-0.2, -0.15) is 4.31 Å². The molecule has 1 rings (SSSR count). The van der Waals surface area contributed by atoms with Crippen LogP contribution in [0.3, 0.4) is 0 Å². The maximum Gasteiger partial charge on any atom is 0.478 e. The number of benzene rings is 1. The van der Waals surface area contributed by atoms with E-state index in [1.807, 2.05) is 32.3 Å². The zero-order chi connectivity index (χ0) is 14.4. The monoisotopic (exact) mass is 299 g/mol. The van der Waals surface area contributed by atoms with Crippen LogP contribution < -0.4 is 4.90 Å². The second-order valence-corrected chi connectivity index (χ2v) is 5.91. The van der Waals surface area contributed by atoms with Gasteiger partial charge < -0.3 is 24.5 Å². The van der Waals surface area contributed by atoms with E-state index in [2.05, 4.69) is 21.3 Å². The number of hydrogen-bond acceptors (Lipinski definition) is 4. The molecule has 0 aliphatic carbocycles. The molecule has 0 aliphatic rings. The molecule has 10 heteroatoms. The first-order chi connectivity index (χ1) is 8.01. The average Bonchev–Trinajstić information content (AvgIpc) is 2.14. The summed E-state index contributed by atoms with van der Waals surface area (Å²) in [5, 5.41) is 0. The predicted octanol–water partition coefficient (Wildman–Crippen LogP) is 0.941. The first kappa shape index (κ1) is 17.3. The van der Waals surface area contributed by atoms with Gasteiger partial charge in [-0.1, -0.05) is 18.2 Å². The van der Waals surface area contributed by atoms with Crippen LogP contribution in [0.1, 0.15) is 0 Å². The van der Waals surface area contributed by atoms with Gasteiger partial charge in [-0.25, -0.2) is 9.13 Å². The lowest BCUT2D eigenvalue weighted by molar-refractivity contribution is 0.225. The number of hydrogen-bond donors (Lipinski definition) is 4. The summed E-state index contributed by atoms with van der Waals surface area (Å²) in [5.41, 5.74) is 1.25. The van der Waals surface area contributed by atoms with Gasteiger partial charge >= 0.3 is 15.6 Å². The van der Waals surface area contributed by atoms with Crippen LogP contribution in [-0.2, 0) is 13.4 Å². The molecule has 0 atom stereocenters. The molecule has 0 spiro atoms. The maximum atomic E-state index is 9.63. The maximum absolute atomic E-state index is 9.63. The zero-order valence-corrected chi connectivity index (χ0v) is 11.5. The molecule has 0 saturated heterocycles. The van der Waals surface area contributed by atoms with Crippen LogP contribution in [0, 0.1) is 0 Å². The molecule has 0 fully saturated rings. The summed E-state index contributed by atoms with van der Waals surface area (Å²) in [6.07, 6.45) is 0. The van der Waals surface area contributed by atoms with Crippen molar-refractivity contribution >= 4 is 21.3 Å². The Morgan fingerprint density at radius 3 is 1.50 bits per heavy atom. The van der Waals surface area contributed by atoms with E-state index in [1.165, 1.54) is 5.69 Å². The standard InChI is InChI=1S/C8H11N.H4O7P2/c1-9(2)8-6-4-3-5-7-8;1-8(2,3)7-9(4,5)6/h3-7H,1-2H3;(H2,1,2,3)(H2,4,5,6). The molecule has 0 saturated carbocycles. The highest BCUT2D eigenvalue weighted by atomic mass is 31.3. The number of para-hydroxylation sites is 1. The Morgan fingerprint density at radius 2 is 1.33 bits per heavy atom. The van der Waals surface area contributed by atoms with Crippen molar-refractivity contribution in [3.8, 4) is 0 Å². The smallest absolute Gasteiger partial charge is 0.378 e. The van der Waals surface area contributed by atoms with Crippen LogP contribution in [0.25, 0.3) is 0 Å². The molecule has 0 aromatic heterocycles. The number of anilines is 1. The average molecular weight is 299 g/mol. The highest BCUT2D eigenvalue weighted by Crippen LogP contribution is 2.53. The second-order valence-electron chi connectivity index (χ2n) is 3.29. The van der Waals surface area contributed by atoms with Crippen LogP contribution in [0.4, 0.5) is 5.69 Å². The largest absolute Gasteiger partial charge is 0.478 e. The van der Waals surface area contributed by atoms with Crippen LogP contribution in [0.15, 0.2) is 30.3 Å². The normalized spacial score (nSPS) is 11.4. The van der Waals surface area contributed by atoms with Gasteiger partial charge in [-0.15, -0.1) is 0 Å². The third-order valence-electron chi connectivity index (χ3n) is 1.49. The van der Waals surface area contributed by atoms with Gasteiger partial charge in [-0.3, -0.25) is 0 Å². The minimum Gasteiger partial charge on any atom is -0.378 e. The Morgan fingerprint density at radius 1 is 0.944 bits per heavy atom. The van der Waals surface area contributed by atoms with Crippen molar-refractivity contribution in [3.63, 3.8) is 0 Å². The number of rotatable bonds is 3. The van der Waals surface area contributed by atoms with Gasteiger partial charge in [0, 0.05) is 19.8 Å². The van der Waals surface area contributed by atoms with Gasteiger partial charge in [0.1, 0.15) is 0 Å². The fourth-order valence-corrected chi connectivity index (χ4v) is 1.97. The van der Waals surface area contributed by atoms with Gasteiger partial charge in [-0.05, 0) is 12.1 Å². The van der Waals surface area contributed by atoms with Gasteiger partial charge in [0.2, 0.25) is 0 Å². The number of phosphoric acid groups is 2. The molecule has 1 aromatic carbocycles. The van der Waals surface area contributed by atoms with E-state index in [-0.39, 0.29) is 0 Å². The predicted molar refractivity (Wildman–Crippen MR) is 65.9 cm³/mol. The van der Waals surface area contributed by atoms with Crippen molar-refractivity contribution in [2.24, 2.45) is 0 Å². The molecular weight excluding hydrogens is 284 g/mol. The van der Waals surface area contributed by atoms with E-state index >= 15 is 0 Å². The van der Waals surface area contributed by atoms with Gasteiger partial charge in [0.25, 0.3) is 0 Å². The third-order valence-corrected chi connectivity index (χ3v) is 3.19. The number of nitrogens with zero attached hydrogens (tertiary/aromatic N) is 1. The topological polar surface area (TPSA) is 128 Å². The van der Waals surface area contributed by atoms with Crippen LogP contribution >= 0.6 is 15.6 Å². The van der Waals surface area contributed by atoms with E-state index in [4.69, 9.17) is 19.6 Å². The SMILES string of the molecule is CN(C)c1ccccc1.O=P(O)(O)OP(=O)(O)O. The van der Waals surface area contributed by atoms with Crippen molar-refractivity contribution in [1.29, 1.82) is 0 Å². The molecule has 0 unspecified atom stereocenters. The summed E-state index contributed by atoms with van der Waals surface area (Å²) >= 11 is 0. The molecule has 0 amide bonds. The lowest BCUT2D eigenvalue weighted by Gasteiger charge is -2.10. The Labute approximate surface area is 104 Å². The van der Waals surface area contributed by atoms with E-state index < -0.39 is 15.6 Å². The summed E-state index contributed by atoms with van der Waals surface area (Å²) in [5.74, 6) is 0. The lowest BCUT2D eigenvalue weighted by Crippen LogP contribution is -2.07. The minimum atomic E-state index is -5.05. The third kappa shape index (κ3) is 10.4. The Kier molecular flexibility index (Phi) is 6.73. The Bertz CT molecular complexity index is 418. The zero-order valence-electron chi connectivity index (χ0n) is 9.74. The fraction of sp³-hybridized carbons (Fsp3) is 0.250. The molecule has 1 aromatic rings. The molecule has 4 N–H and O–H groups in total. The summed E-state index contributed by atoms with van der Waals surface area (Å²) in [7, 11) is -6.03. The summed E-state index contributed by atoms with van der Waals surface area (Å²) in [4.78, 5) is 33.1. The highest BCUT2D eigenvalue weighted by molar-refractivity contribution is 7.60. The fourth-order valence-electron chi connectivity index (χ4n) is 0.865. The first-order valence-corrected chi connectivity index (χ1v) is 7.62. The molecule has 0 aliphatic heterocycles. The lowest BCUT2D eigenvalue weighted by atomic mass is 10.3. The summed E-state index contributed by atoms with van der Waals surface area (Å²) < 4.78 is 22.2. The molecule has 0 radical (unpaired) electrons. The molecule has 0 heterocycles. The summed E-state index contributed by atoms with van der Waals surface area (Å²) in [6.45, 7) is 0. The van der Waals surface area contributed by atoms with Gasteiger partial charge in [0.05, 0.1) is 0 Å². The van der Waals surface area contributed by atoms with E-state index in [0.717, 1.165) is 0 Å². The second kappa shape index (κ2) is 7.01. The van der Waals surface area contributed by atoms with Crippen molar-refractivity contribution in [1.82, 2.24) is 0 Å². The molecule has 18 heavy (non-hydrogen) atoms. The van der Waals surface area contributed by atoms with Crippen LogP contribution in [0.2, 0.25) is 0 Å².